The fourth-order valence-corrected chi connectivity index (χ4v) is 1.90. The predicted molar refractivity (Wildman–Crippen MR) is 60.1 cm³/mol. The summed E-state index contributed by atoms with van der Waals surface area (Å²) in [6.07, 6.45) is 5.01. The molecule has 0 bridgehead atoms. The van der Waals surface area contributed by atoms with Crippen molar-refractivity contribution >= 4 is 23.2 Å². The molecule has 4 heteroatoms. The van der Waals surface area contributed by atoms with E-state index in [1.807, 2.05) is 13.0 Å². The van der Waals surface area contributed by atoms with Gasteiger partial charge in [-0.3, -0.25) is 0 Å². The summed E-state index contributed by atoms with van der Waals surface area (Å²) in [4.78, 5) is 0. The van der Waals surface area contributed by atoms with Crippen LogP contribution in [0.4, 0.5) is 0 Å². The van der Waals surface area contributed by atoms with Crippen LogP contribution in [0.5, 0.6) is 0 Å². The van der Waals surface area contributed by atoms with Gasteiger partial charge in [0, 0.05) is 10.8 Å². The molecule has 0 amide bonds. The summed E-state index contributed by atoms with van der Waals surface area (Å²) in [5, 5.41) is 0.132. The van der Waals surface area contributed by atoms with Crippen LogP contribution in [0.15, 0.2) is 12.3 Å². The number of nitrogens with two attached hydrogens (primary N) is 2. The predicted octanol–water partition coefficient (Wildman–Crippen LogP) is 2.05. The summed E-state index contributed by atoms with van der Waals surface area (Å²) >= 11 is 12.0. The van der Waals surface area contributed by atoms with Crippen molar-refractivity contribution in [2.24, 2.45) is 17.4 Å². The third-order valence-corrected chi connectivity index (χ3v) is 2.65. The van der Waals surface area contributed by atoms with Gasteiger partial charge in [0.2, 0.25) is 0 Å². The highest BCUT2D eigenvalue weighted by atomic mass is 35.5. The minimum absolute atomic E-state index is 0.0358. The molecule has 2 nitrogen and oxygen atoms in total. The monoisotopic (exact) mass is 224 g/mol. The number of alkyl halides is 2. The molecule has 0 saturated heterocycles. The van der Waals surface area contributed by atoms with E-state index >= 15 is 0 Å². The van der Waals surface area contributed by atoms with Gasteiger partial charge < -0.3 is 11.5 Å². The molecule has 2 unspecified atom stereocenters. The lowest BCUT2D eigenvalue weighted by Gasteiger charge is -2.19. The molecule has 4 N–H and O–H groups in total. The highest BCUT2D eigenvalue weighted by molar-refractivity contribution is 6.23. The van der Waals surface area contributed by atoms with Crippen LogP contribution in [0.25, 0.3) is 0 Å². The van der Waals surface area contributed by atoms with Crippen molar-refractivity contribution in [1.82, 2.24) is 0 Å². The van der Waals surface area contributed by atoms with Gasteiger partial charge in [-0.2, -0.15) is 0 Å². The molecule has 0 radical (unpaired) electrons. The molecular formula is C9H18Cl2N2. The van der Waals surface area contributed by atoms with Crippen LogP contribution in [0.3, 0.4) is 0 Å². The fraction of sp³-hybridized carbons (Fsp3) is 0.778. The van der Waals surface area contributed by atoms with Gasteiger partial charge in [-0.1, -0.05) is 6.08 Å². The van der Waals surface area contributed by atoms with E-state index in [4.69, 9.17) is 34.7 Å². The largest absolute Gasteiger partial charge is 0.405 e. The maximum atomic E-state index is 6.14. The van der Waals surface area contributed by atoms with Gasteiger partial charge in [0.1, 0.15) is 0 Å². The van der Waals surface area contributed by atoms with Crippen LogP contribution in [0.2, 0.25) is 0 Å². The zero-order valence-electron chi connectivity index (χ0n) is 7.92. The Balaban J connectivity index is 3.91. The molecule has 0 spiro atoms. The third kappa shape index (κ3) is 6.19. The number of rotatable bonds is 6. The number of allylic oxidation sites excluding steroid dienone is 1. The second-order valence-electron chi connectivity index (χ2n) is 3.19. The van der Waals surface area contributed by atoms with Gasteiger partial charge in [-0.15, -0.1) is 23.2 Å². The Bertz CT molecular complexity index is 149. The first-order valence-electron chi connectivity index (χ1n) is 4.46. The summed E-state index contributed by atoms with van der Waals surface area (Å²) in [6, 6.07) is 0. The van der Waals surface area contributed by atoms with Crippen molar-refractivity contribution in [3.05, 3.63) is 12.3 Å². The summed E-state index contributed by atoms with van der Waals surface area (Å²) in [5.74, 6) is 0.266. The summed E-state index contributed by atoms with van der Waals surface area (Å²) in [6.45, 7) is 2.51. The van der Waals surface area contributed by atoms with Crippen LogP contribution in [-0.4, -0.2) is 17.3 Å². The second-order valence-corrected chi connectivity index (χ2v) is 4.50. The molecule has 0 aromatic heterocycles. The first kappa shape index (κ1) is 13.1. The second kappa shape index (κ2) is 7.48. The van der Waals surface area contributed by atoms with Gasteiger partial charge in [0.05, 0.1) is 0 Å². The first-order valence-corrected chi connectivity index (χ1v) is 5.34. The molecule has 0 aliphatic rings. The van der Waals surface area contributed by atoms with Crippen LogP contribution < -0.4 is 11.5 Å². The molecule has 3 atom stereocenters. The van der Waals surface area contributed by atoms with E-state index < -0.39 is 0 Å². The van der Waals surface area contributed by atoms with Crippen molar-refractivity contribution in [3.8, 4) is 0 Å². The SMILES string of the molecule is C[C@@H](Cl)CC(Cl)C(CN)C/C=C\N. The van der Waals surface area contributed by atoms with Crippen molar-refractivity contribution in [2.45, 2.75) is 30.5 Å². The minimum Gasteiger partial charge on any atom is -0.405 e. The summed E-state index contributed by atoms with van der Waals surface area (Å²) in [7, 11) is 0. The summed E-state index contributed by atoms with van der Waals surface area (Å²) in [5.41, 5.74) is 10.8. The molecule has 0 aliphatic carbocycles. The van der Waals surface area contributed by atoms with Gasteiger partial charge in [0.25, 0.3) is 0 Å². The van der Waals surface area contributed by atoms with E-state index in [-0.39, 0.29) is 16.7 Å². The Labute approximate surface area is 90.3 Å². The highest BCUT2D eigenvalue weighted by Gasteiger charge is 2.18. The van der Waals surface area contributed by atoms with Crippen LogP contribution in [0, 0.1) is 5.92 Å². The van der Waals surface area contributed by atoms with Gasteiger partial charge in [0.15, 0.2) is 0 Å². The lowest BCUT2D eigenvalue weighted by Crippen LogP contribution is -2.25. The zero-order valence-corrected chi connectivity index (χ0v) is 9.43. The normalized spacial score (nSPS) is 18.8. The first-order chi connectivity index (χ1) is 6.11. The molecule has 0 fully saturated rings. The topological polar surface area (TPSA) is 52.0 Å². The molecule has 0 heterocycles. The van der Waals surface area contributed by atoms with Crippen LogP contribution >= 0.6 is 23.2 Å². The average Bonchev–Trinajstić information content (AvgIpc) is 2.04. The molecule has 13 heavy (non-hydrogen) atoms. The lowest BCUT2D eigenvalue weighted by atomic mass is 9.98. The van der Waals surface area contributed by atoms with Crippen molar-refractivity contribution in [3.63, 3.8) is 0 Å². The number of hydrogen-bond acceptors (Lipinski definition) is 2. The standard InChI is InChI=1S/C9H18Cl2N2/c1-7(10)5-9(11)8(6-13)3-2-4-12/h2,4,7-9H,3,5-6,12-13H2,1H3/b4-2-/t7-,8?,9?/m1/s1. The van der Waals surface area contributed by atoms with E-state index in [1.54, 1.807) is 0 Å². The molecule has 0 aromatic rings. The Morgan fingerprint density at radius 1 is 1.38 bits per heavy atom. The molecule has 0 saturated carbocycles. The molecular weight excluding hydrogens is 207 g/mol. The quantitative estimate of drug-likeness (QED) is 0.679. The molecule has 78 valence electrons. The van der Waals surface area contributed by atoms with E-state index in [0.29, 0.717) is 6.54 Å². The molecule has 0 rings (SSSR count). The van der Waals surface area contributed by atoms with E-state index in [1.165, 1.54) is 6.20 Å². The van der Waals surface area contributed by atoms with Crippen LogP contribution in [0.1, 0.15) is 19.8 Å². The minimum atomic E-state index is 0.0358. The van der Waals surface area contributed by atoms with Crippen molar-refractivity contribution in [2.75, 3.05) is 6.54 Å². The number of hydrogen-bond donors (Lipinski definition) is 2. The fourth-order valence-electron chi connectivity index (χ4n) is 1.15. The smallest absolute Gasteiger partial charge is 0.0393 e. The summed E-state index contributed by atoms with van der Waals surface area (Å²) < 4.78 is 0. The molecule has 0 aliphatic heterocycles. The Morgan fingerprint density at radius 3 is 2.38 bits per heavy atom. The van der Waals surface area contributed by atoms with Gasteiger partial charge >= 0.3 is 0 Å². The van der Waals surface area contributed by atoms with Crippen LogP contribution in [-0.2, 0) is 0 Å². The third-order valence-electron chi connectivity index (χ3n) is 1.94. The van der Waals surface area contributed by atoms with Gasteiger partial charge in [-0.25, -0.2) is 0 Å². The van der Waals surface area contributed by atoms with E-state index in [0.717, 1.165) is 12.8 Å². The number of halogens is 2. The maximum Gasteiger partial charge on any atom is 0.0393 e. The van der Waals surface area contributed by atoms with Crippen molar-refractivity contribution in [1.29, 1.82) is 0 Å². The van der Waals surface area contributed by atoms with E-state index in [9.17, 15) is 0 Å². The van der Waals surface area contributed by atoms with Crippen molar-refractivity contribution < 1.29 is 0 Å². The average molecular weight is 225 g/mol. The zero-order chi connectivity index (χ0) is 10.3. The molecule has 0 aromatic carbocycles. The lowest BCUT2D eigenvalue weighted by molar-refractivity contribution is 0.490. The Kier molecular flexibility index (Phi) is 7.53. The maximum absolute atomic E-state index is 6.14. The van der Waals surface area contributed by atoms with Gasteiger partial charge in [-0.05, 0) is 38.4 Å². The highest BCUT2D eigenvalue weighted by Crippen LogP contribution is 2.21. The Hall–Kier alpha value is 0.0800. The Morgan fingerprint density at radius 2 is 2.00 bits per heavy atom. The van der Waals surface area contributed by atoms with E-state index in [2.05, 4.69) is 0 Å².